The Morgan fingerprint density at radius 3 is 2.90 bits per heavy atom. The van der Waals surface area contributed by atoms with Crippen molar-refractivity contribution in [3.8, 4) is 11.5 Å². The third kappa shape index (κ3) is 2.12. The molecule has 3 rings (SSSR count). The molecule has 4 heteroatoms. The summed E-state index contributed by atoms with van der Waals surface area (Å²) in [5.74, 6) is 0.916. The zero-order valence-corrected chi connectivity index (χ0v) is 11.9. The number of furan rings is 1. The Balaban J connectivity index is 2.12. The first kappa shape index (κ1) is 12.9. The summed E-state index contributed by atoms with van der Waals surface area (Å²) in [6, 6.07) is 8.18. The van der Waals surface area contributed by atoms with Gasteiger partial charge in [0.2, 0.25) is 0 Å². The maximum absolute atomic E-state index is 6.06. The van der Waals surface area contributed by atoms with Gasteiger partial charge in [-0.05, 0) is 19.0 Å². The predicted octanol–water partition coefficient (Wildman–Crippen LogP) is 3.49. The topological polar surface area (TPSA) is 53.9 Å². The van der Waals surface area contributed by atoms with Gasteiger partial charge in [-0.25, -0.2) is 0 Å². The van der Waals surface area contributed by atoms with E-state index in [9.17, 15) is 0 Å². The van der Waals surface area contributed by atoms with E-state index in [4.69, 9.17) is 4.42 Å². The number of aromatic amines is 1. The van der Waals surface area contributed by atoms with Crippen LogP contribution >= 0.6 is 0 Å². The Labute approximate surface area is 118 Å². The molecule has 0 bridgehead atoms. The Morgan fingerprint density at radius 2 is 2.10 bits per heavy atom. The monoisotopic (exact) mass is 269 g/mol. The van der Waals surface area contributed by atoms with Gasteiger partial charge in [-0.3, -0.25) is 5.10 Å². The molecule has 104 valence electrons. The molecule has 0 spiro atoms. The second-order valence-electron chi connectivity index (χ2n) is 4.81. The normalized spacial score (nSPS) is 11.3. The van der Waals surface area contributed by atoms with Crippen molar-refractivity contribution < 1.29 is 4.42 Å². The highest BCUT2D eigenvalue weighted by molar-refractivity contribution is 5.87. The fraction of sp³-hybridized carbons (Fsp3) is 0.312. The number of nitrogens with one attached hydrogen (secondary N) is 2. The average molecular weight is 269 g/mol. The van der Waals surface area contributed by atoms with Gasteiger partial charge in [0.05, 0.1) is 6.20 Å². The number of aromatic nitrogens is 2. The predicted molar refractivity (Wildman–Crippen MR) is 80.6 cm³/mol. The smallest absolute Gasteiger partial charge is 0.156 e. The van der Waals surface area contributed by atoms with Crippen LogP contribution in [0.4, 0.5) is 0 Å². The number of hydrogen-bond donors (Lipinski definition) is 2. The van der Waals surface area contributed by atoms with Crippen molar-refractivity contribution in [3.63, 3.8) is 0 Å². The van der Waals surface area contributed by atoms with E-state index >= 15 is 0 Å². The molecule has 0 aliphatic carbocycles. The van der Waals surface area contributed by atoms with Crippen molar-refractivity contribution in [1.29, 1.82) is 0 Å². The Kier molecular flexibility index (Phi) is 3.56. The first-order valence-electron chi connectivity index (χ1n) is 7.08. The molecule has 0 amide bonds. The molecule has 0 aliphatic heterocycles. The van der Waals surface area contributed by atoms with Gasteiger partial charge in [-0.15, -0.1) is 0 Å². The average Bonchev–Trinajstić information content (AvgIpc) is 3.08. The Morgan fingerprint density at radius 1 is 1.25 bits per heavy atom. The molecule has 0 unspecified atom stereocenters. The standard InChI is InChI=1S/C16H19N3O/c1-3-12-13-7-5-6-8-14(13)20-16(12)15-11(9-17-4-2)10-18-19-15/h5-8,10,17H,3-4,9H2,1-2H3,(H,18,19). The molecule has 0 atom stereocenters. The molecule has 0 saturated carbocycles. The van der Waals surface area contributed by atoms with Crippen LogP contribution in [0.1, 0.15) is 25.0 Å². The van der Waals surface area contributed by atoms with Gasteiger partial charge >= 0.3 is 0 Å². The highest BCUT2D eigenvalue weighted by Crippen LogP contribution is 2.34. The summed E-state index contributed by atoms with van der Waals surface area (Å²) < 4.78 is 6.06. The molecule has 20 heavy (non-hydrogen) atoms. The van der Waals surface area contributed by atoms with Crippen LogP contribution < -0.4 is 5.32 Å². The molecule has 0 saturated heterocycles. The lowest BCUT2D eigenvalue weighted by Crippen LogP contribution is -2.11. The third-order valence-corrected chi connectivity index (χ3v) is 3.56. The van der Waals surface area contributed by atoms with Crippen LogP contribution in [0.15, 0.2) is 34.9 Å². The van der Waals surface area contributed by atoms with E-state index in [0.29, 0.717) is 0 Å². The maximum Gasteiger partial charge on any atom is 0.156 e. The highest BCUT2D eigenvalue weighted by Gasteiger charge is 2.18. The largest absolute Gasteiger partial charge is 0.454 e. The van der Waals surface area contributed by atoms with E-state index in [1.807, 2.05) is 24.4 Å². The third-order valence-electron chi connectivity index (χ3n) is 3.56. The van der Waals surface area contributed by atoms with Gasteiger partial charge in [0.15, 0.2) is 5.76 Å². The van der Waals surface area contributed by atoms with E-state index in [2.05, 4.69) is 35.4 Å². The van der Waals surface area contributed by atoms with Crippen LogP contribution in [0.5, 0.6) is 0 Å². The molecule has 2 aromatic heterocycles. The quantitative estimate of drug-likeness (QED) is 0.745. The van der Waals surface area contributed by atoms with Gasteiger partial charge in [0, 0.05) is 23.1 Å². The molecule has 4 nitrogen and oxygen atoms in total. The Bertz CT molecular complexity index is 711. The SMILES string of the molecule is CCNCc1cn[nH]c1-c1oc2ccccc2c1CC. The summed E-state index contributed by atoms with van der Waals surface area (Å²) in [4.78, 5) is 0. The lowest BCUT2D eigenvalue weighted by molar-refractivity contribution is 0.621. The maximum atomic E-state index is 6.06. The van der Waals surface area contributed by atoms with Gasteiger partial charge < -0.3 is 9.73 Å². The minimum atomic E-state index is 0.794. The molecule has 2 heterocycles. The molecule has 1 aromatic carbocycles. The van der Waals surface area contributed by atoms with Crippen molar-refractivity contribution in [1.82, 2.24) is 15.5 Å². The molecule has 3 aromatic rings. The van der Waals surface area contributed by atoms with Crippen LogP contribution in [0.25, 0.3) is 22.4 Å². The summed E-state index contributed by atoms with van der Waals surface area (Å²) in [6.45, 7) is 5.98. The van der Waals surface area contributed by atoms with Crippen LogP contribution in [-0.4, -0.2) is 16.7 Å². The fourth-order valence-electron chi connectivity index (χ4n) is 2.55. The fourth-order valence-corrected chi connectivity index (χ4v) is 2.55. The molecule has 0 aliphatic rings. The number of rotatable bonds is 5. The number of fused-ring (bicyclic) bond motifs is 1. The van der Waals surface area contributed by atoms with E-state index in [1.54, 1.807) is 0 Å². The van der Waals surface area contributed by atoms with E-state index in [0.717, 1.165) is 42.1 Å². The number of benzene rings is 1. The lowest BCUT2D eigenvalue weighted by atomic mass is 10.1. The second-order valence-corrected chi connectivity index (χ2v) is 4.81. The first-order chi connectivity index (χ1) is 9.85. The van der Waals surface area contributed by atoms with Crippen molar-refractivity contribution in [3.05, 3.63) is 41.6 Å². The number of para-hydroxylation sites is 1. The van der Waals surface area contributed by atoms with Crippen LogP contribution in [0.2, 0.25) is 0 Å². The van der Waals surface area contributed by atoms with Crippen molar-refractivity contribution in [2.24, 2.45) is 0 Å². The minimum Gasteiger partial charge on any atom is -0.454 e. The Hall–Kier alpha value is -2.07. The summed E-state index contributed by atoms with van der Waals surface area (Å²) in [7, 11) is 0. The van der Waals surface area contributed by atoms with Gasteiger partial charge in [0.25, 0.3) is 0 Å². The second kappa shape index (κ2) is 5.51. The molecular formula is C16H19N3O. The zero-order valence-electron chi connectivity index (χ0n) is 11.9. The number of aryl methyl sites for hydroxylation is 1. The number of nitrogens with zero attached hydrogens (tertiary/aromatic N) is 1. The zero-order chi connectivity index (χ0) is 13.9. The number of hydrogen-bond acceptors (Lipinski definition) is 3. The molecule has 0 fully saturated rings. The van der Waals surface area contributed by atoms with Crippen molar-refractivity contribution in [2.45, 2.75) is 26.8 Å². The van der Waals surface area contributed by atoms with Crippen LogP contribution in [0, 0.1) is 0 Å². The first-order valence-corrected chi connectivity index (χ1v) is 7.08. The van der Waals surface area contributed by atoms with E-state index in [1.165, 1.54) is 10.9 Å². The van der Waals surface area contributed by atoms with Crippen molar-refractivity contribution >= 4 is 11.0 Å². The molecule has 2 N–H and O–H groups in total. The highest BCUT2D eigenvalue weighted by atomic mass is 16.3. The summed E-state index contributed by atoms with van der Waals surface area (Å²) >= 11 is 0. The van der Waals surface area contributed by atoms with Gasteiger partial charge in [-0.2, -0.15) is 5.10 Å². The number of H-pyrrole nitrogens is 1. The van der Waals surface area contributed by atoms with E-state index < -0.39 is 0 Å². The van der Waals surface area contributed by atoms with Crippen LogP contribution in [0.3, 0.4) is 0 Å². The minimum absolute atomic E-state index is 0.794. The van der Waals surface area contributed by atoms with Crippen molar-refractivity contribution in [2.75, 3.05) is 6.54 Å². The van der Waals surface area contributed by atoms with E-state index in [-0.39, 0.29) is 0 Å². The molecule has 0 radical (unpaired) electrons. The lowest BCUT2D eigenvalue weighted by Gasteiger charge is -2.03. The van der Waals surface area contributed by atoms with Gasteiger partial charge in [-0.1, -0.05) is 32.0 Å². The van der Waals surface area contributed by atoms with Gasteiger partial charge in [0.1, 0.15) is 11.3 Å². The molecular weight excluding hydrogens is 250 g/mol. The summed E-state index contributed by atoms with van der Waals surface area (Å²) in [6.07, 6.45) is 2.80. The summed E-state index contributed by atoms with van der Waals surface area (Å²) in [5, 5.41) is 11.8. The summed E-state index contributed by atoms with van der Waals surface area (Å²) in [5.41, 5.74) is 4.30. The van der Waals surface area contributed by atoms with Crippen LogP contribution in [-0.2, 0) is 13.0 Å².